The third-order valence-electron chi connectivity index (χ3n) is 3.81. The van der Waals surface area contributed by atoms with Gasteiger partial charge in [-0.15, -0.1) is 0 Å². The monoisotopic (exact) mass is 276 g/mol. The summed E-state index contributed by atoms with van der Waals surface area (Å²) in [5.41, 5.74) is 8.02. The first-order valence-corrected chi connectivity index (χ1v) is 7.29. The van der Waals surface area contributed by atoms with Gasteiger partial charge in [-0.05, 0) is 30.0 Å². The molecule has 110 valence electrons. The van der Waals surface area contributed by atoms with Crippen molar-refractivity contribution < 1.29 is 9.53 Å². The maximum Gasteiger partial charge on any atom is 0.268 e. The van der Waals surface area contributed by atoms with Crippen LogP contribution in [-0.4, -0.2) is 19.1 Å². The highest BCUT2D eigenvalue weighted by Crippen LogP contribution is 2.36. The number of benzene rings is 1. The molecule has 0 radical (unpaired) electrons. The predicted octanol–water partition coefficient (Wildman–Crippen LogP) is 2.87. The van der Waals surface area contributed by atoms with Crippen LogP contribution in [0.25, 0.3) is 0 Å². The summed E-state index contributed by atoms with van der Waals surface area (Å²) in [5.74, 6) is 0.923. The third kappa shape index (κ3) is 2.66. The fraction of sp³-hybridized carbons (Fsp3) is 0.562. The van der Waals surface area contributed by atoms with Gasteiger partial charge in [-0.2, -0.15) is 0 Å². The summed E-state index contributed by atoms with van der Waals surface area (Å²) in [6.07, 6.45) is 1.58. The number of hydrogen-bond acceptors (Lipinski definition) is 3. The van der Waals surface area contributed by atoms with Gasteiger partial charge in [-0.3, -0.25) is 4.79 Å². The molecule has 0 spiro atoms. The van der Waals surface area contributed by atoms with Gasteiger partial charge in [-0.1, -0.05) is 33.3 Å². The molecule has 4 nitrogen and oxygen atoms in total. The van der Waals surface area contributed by atoms with Gasteiger partial charge in [0.15, 0.2) is 6.10 Å². The zero-order valence-corrected chi connectivity index (χ0v) is 12.7. The van der Waals surface area contributed by atoms with Crippen molar-refractivity contribution in [1.82, 2.24) is 0 Å². The molecule has 0 fully saturated rings. The van der Waals surface area contributed by atoms with Gasteiger partial charge in [0.25, 0.3) is 5.91 Å². The van der Waals surface area contributed by atoms with Crippen LogP contribution in [0.5, 0.6) is 5.75 Å². The average molecular weight is 276 g/mol. The van der Waals surface area contributed by atoms with E-state index in [0.29, 0.717) is 0 Å². The first kappa shape index (κ1) is 14.9. The lowest BCUT2D eigenvalue weighted by Crippen LogP contribution is -2.46. The summed E-state index contributed by atoms with van der Waals surface area (Å²) in [4.78, 5) is 14.0. The Labute approximate surface area is 120 Å². The Kier molecular flexibility index (Phi) is 4.33. The van der Waals surface area contributed by atoms with Gasteiger partial charge in [0.1, 0.15) is 5.75 Å². The first-order valence-electron chi connectivity index (χ1n) is 7.29. The Morgan fingerprint density at radius 2 is 2.10 bits per heavy atom. The molecule has 1 heterocycles. The molecule has 1 aromatic rings. The van der Waals surface area contributed by atoms with E-state index in [4.69, 9.17) is 10.5 Å². The highest BCUT2D eigenvalue weighted by Gasteiger charge is 2.34. The number of nitrogens with zero attached hydrogens (tertiary/aromatic N) is 1. The highest BCUT2D eigenvalue weighted by molar-refractivity contribution is 5.99. The number of rotatable bonds is 4. The van der Waals surface area contributed by atoms with E-state index >= 15 is 0 Å². The summed E-state index contributed by atoms with van der Waals surface area (Å²) in [6.45, 7) is 6.10. The third-order valence-corrected chi connectivity index (χ3v) is 3.81. The molecule has 1 aliphatic rings. The van der Waals surface area contributed by atoms with Gasteiger partial charge in [0.2, 0.25) is 0 Å². The Balaban J connectivity index is 2.33. The van der Waals surface area contributed by atoms with Crippen LogP contribution >= 0.6 is 0 Å². The van der Waals surface area contributed by atoms with Crippen LogP contribution < -0.4 is 15.4 Å². The largest absolute Gasteiger partial charge is 0.478 e. The molecule has 0 aliphatic carbocycles. The van der Waals surface area contributed by atoms with E-state index in [0.717, 1.165) is 29.8 Å². The lowest BCUT2D eigenvalue weighted by atomic mass is 9.99. The molecule has 4 heteroatoms. The topological polar surface area (TPSA) is 55.6 Å². The van der Waals surface area contributed by atoms with Gasteiger partial charge in [-0.25, -0.2) is 0 Å². The maximum atomic E-state index is 12.3. The molecule has 0 aromatic heterocycles. The second-order valence-corrected chi connectivity index (χ2v) is 5.80. The molecule has 0 bridgehead atoms. The van der Waals surface area contributed by atoms with Crippen molar-refractivity contribution in [2.75, 3.05) is 11.9 Å². The van der Waals surface area contributed by atoms with Crippen LogP contribution in [0.2, 0.25) is 0 Å². The number of ether oxygens (including phenoxy) is 1. The van der Waals surface area contributed by atoms with E-state index in [1.165, 1.54) is 0 Å². The zero-order valence-electron chi connectivity index (χ0n) is 12.7. The highest BCUT2D eigenvalue weighted by atomic mass is 16.5. The van der Waals surface area contributed by atoms with Crippen molar-refractivity contribution in [2.45, 2.75) is 45.8 Å². The molecular formula is C16H24N2O2. The standard InChI is InChI=1S/C16H24N2O2/c1-5-6-12(17)11-7-8-14-13(9-11)18(4)16(19)15(20-14)10(2)3/h7-10,12,15H,5-6,17H2,1-4H3. The maximum absolute atomic E-state index is 12.3. The Morgan fingerprint density at radius 1 is 1.40 bits per heavy atom. The number of fused-ring (bicyclic) bond motifs is 1. The summed E-state index contributed by atoms with van der Waals surface area (Å²) < 4.78 is 5.84. The smallest absolute Gasteiger partial charge is 0.268 e. The van der Waals surface area contributed by atoms with Gasteiger partial charge in [0, 0.05) is 13.1 Å². The van der Waals surface area contributed by atoms with Gasteiger partial charge in [0.05, 0.1) is 5.69 Å². The molecule has 2 rings (SSSR count). The minimum absolute atomic E-state index is 0.00807. The first-order chi connectivity index (χ1) is 9.45. The SMILES string of the molecule is CCCC(N)c1ccc2c(c1)N(C)C(=O)C(C(C)C)O2. The van der Waals surface area contributed by atoms with Crippen molar-refractivity contribution >= 4 is 11.6 Å². The molecule has 1 aromatic carbocycles. The quantitative estimate of drug-likeness (QED) is 0.920. The summed E-state index contributed by atoms with van der Waals surface area (Å²) in [7, 11) is 1.80. The van der Waals surface area contributed by atoms with Crippen molar-refractivity contribution in [3.8, 4) is 5.75 Å². The zero-order chi connectivity index (χ0) is 14.9. The number of anilines is 1. The molecule has 1 aliphatic heterocycles. The molecule has 2 atom stereocenters. The van der Waals surface area contributed by atoms with Crippen molar-refractivity contribution in [3.63, 3.8) is 0 Å². The number of carbonyl (C=O) groups is 1. The normalized spacial score (nSPS) is 19.8. The fourth-order valence-corrected chi connectivity index (χ4v) is 2.52. The van der Waals surface area contributed by atoms with Crippen molar-refractivity contribution in [1.29, 1.82) is 0 Å². The minimum Gasteiger partial charge on any atom is -0.478 e. The van der Waals surface area contributed by atoms with E-state index in [1.807, 2.05) is 32.0 Å². The van der Waals surface area contributed by atoms with Gasteiger partial charge >= 0.3 is 0 Å². The summed E-state index contributed by atoms with van der Waals surface area (Å²) in [6, 6.07) is 5.92. The van der Waals surface area contributed by atoms with Crippen molar-refractivity contribution in [2.24, 2.45) is 11.7 Å². The Hall–Kier alpha value is -1.55. The van der Waals surface area contributed by atoms with Gasteiger partial charge < -0.3 is 15.4 Å². The van der Waals surface area contributed by atoms with Crippen molar-refractivity contribution in [3.05, 3.63) is 23.8 Å². The lowest BCUT2D eigenvalue weighted by molar-refractivity contribution is -0.127. The van der Waals surface area contributed by atoms with Crippen LogP contribution in [0, 0.1) is 5.92 Å². The second kappa shape index (κ2) is 5.83. The predicted molar refractivity (Wildman–Crippen MR) is 80.9 cm³/mol. The van der Waals surface area contributed by atoms with E-state index in [9.17, 15) is 4.79 Å². The molecular weight excluding hydrogens is 252 g/mol. The molecule has 2 unspecified atom stereocenters. The van der Waals surface area contributed by atoms with E-state index < -0.39 is 6.10 Å². The number of nitrogens with two attached hydrogens (primary N) is 1. The Morgan fingerprint density at radius 3 is 2.70 bits per heavy atom. The van der Waals surface area contributed by atoms with Crippen LogP contribution in [0.15, 0.2) is 18.2 Å². The molecule has 1 amide bonds. The molecule has 0 saturated heterocycles. The number of carbonyl (C=O) groups excluding carboxylic acids is 1. The van der Waals surface area contributed by atoms with E-state index in [2.05, 4.69) is 6.92 Å². The molecule has 2 N–H and O–H groups in total. The second-order valence-electron chi connectivity index (χ2n) is 5.80. The average Bonchev–Trinajstić information content (AvgIpc) is 2.42. The molecule has 20 heavy (non-hydrogen) atoms. The molecule has 0 saturated carbocycles. The number of likely N-dealkylation sites (N-methyl/N-ethyl adjacent to an activating group) is 1. The van der Waals surface area contributed by atoms with Crippen LogP contribution in [0.1, 0.15) is 45.2 Å². The lowest BCUT2D eigenvalue weighted by Gasteiger charge is -2.34. The summed E-state index contributed by atoms with van der Waals surface area (Å²) >= 11 is 0. The van der Waals surface area contributed by atoms with E-state index in [-0.39, 0.29) is 17.9 Å². The fourth-order valence-electron chi connectivity index (χ4n) is 2.52. The number of amides is 1. The van der Waals surface area contributed by atoms with Crippen LogP contribution in [0.3, 0.4) is 0 Å². The summed E-state index contributed by atoms with van der Waals surface area (Å²) in [5, 5.41) is 0. The number of hydrogen-bond donors (Lipinski definition) is 1. The minimum atomic E-state index is -0.400. The Bertz CT molecular complexity index is 499. The van der Waals surface area contributed by atoms with E-state index in [1.54, 1.807) is 11.9 Å². The van der Waals surface area contributed by atoms with Crippen LogP contribution in [-0.2, 0) is 4.79 Å². The van der Waals surface area contributed by atoms with Crippen LogP contribution in [0.4, 0.5) is 5.69 Å².